The van der Waals surface area contributed by atoms with Gasteiger partial charge in [-0.25, -0.2) is 0 Å². The highest BCUT2D eigenvalue weighted by atomic mass is 35.5. The Morgan fingerprint density at radius 3 is 2.59 bits per heavy atom. The monoisotopic (exact) mass is 418 g/mol. The van der Waals surface area contributed by atoms with E-state index in [0.717, 1.165) is 24.1 Å². The molecule has 27 heavy (non-hydrogen) atoms. The molecule has 1 fully saturated rings. The van der Waals surface area contributed by atoms with Gasteiger partial charge in [0.15, 0.2) is 0 Å². The van der Waals surface area contributed by atoms with Crippen molar-refractivity contribution in [3.8, 4) is 0 Å². The van der Waals surface area contributed by atoms with Crippen LogP contribution in [0.3, 0.4) is 0 Å². The third-order valence-corrected chi connectivity index (χ3v) is 4.62. The third-order valence-electron chi connectivity index (χ3n) is 4.21. The first-order chi connectivity index (χ1) is 12.3. The minimum Gasteiger partial charge on any atom is -0.459 e. The van der Waals surface area contributed by atoms with E-state index < -0.39 is 11.7 Å². The number of rotatable bonds is 3. The zero-order valence-electron chi connectivity index (χ0n) is 14.8. The summed E-state index contributed by atoms with van der Waals surface area (Å²) in [7, 11) is 0. The van der Waals surface area contributed by atoms with Gasteiger partial charge in [-0.1, -0.05) is 30.7 Å². The van der Waals surface area contributed by atoms with Gasteiger partial charge < -0.3 is 4.74 Å². The number of amidine groups is 1. The number of alkyl halides is 3. The van der Waals surface area contributed by atoms with E-state index in [1.54, 1.807) is 23.1 Å². The number of anilines is 1. The lowest BCUT2D eigenvalue weighted by Crippen LogP contribution is -2.26. The zero-order valence-corrected chi connectivity index (χ0v) is 16.3. The van der Waals surface area contributed by atoms with Gasteiger partial charge in [0.05, 0.1) is 17.8 Å². The van der Waals surface area contributed by atoms with E-state index in [0.29, 0.717) is 22.9 Å². The molecule has 0 amide bonds. The summed E-state index contributed by atoms with van der Waals surface area (Å²) in [5, 5.41) is 0.572. The molecule has 1 unspecified atom stereocenters. The summed E-state index contributed by atoms with van der Waals surface area (Å²) < 4.78 is 44.9. The highest BCUT2D eigenvalue weighted by Gasteiger charge is 2.34. The number of benzene rings is 2. The molecule has 0 N–H and O–H groups in total. The van der Waals surface area contributed by atoms with Crippen LogP contribution in [0.4, 0.5) is 24.5 Å². The molecule has 0 aromatic heterocycles. The Balaban J connectivity index is 0.00000261. The normalized spacial score (nSPS) is 18.4. The van der Waals surface area contributed by atoms with Crippen LogP contribution in [-0.2, 0) is 10.9 Å². The molecular formula is C19H19Cl2F3N2O. The molecular weight excluding hydrogens is 400 g/mol. The van der Waals surface area contributed by atoms with Gasteiger partial charge >= 0.3 is 6.18 Å². The first-order valence-corrected chi connectivity index (χ1v) is 8.62. The van der Waals surface area contributed by atoms with Crippen LogP contribution in [0.1, 0.15) is 24.5 Å². The largest absolute Gasteiger partial charge is 0.459 e. The fourth-order valence-electron chi connectivity index (χ4n) is 2.66. The highest BCUT2D eigenvalue weighted by Crippen LogP contribution is 2.33. The molecule has 1 atom stereocenters. The Labute approximate surface area is 167 Å². The van der Waals surface area contributed by atoms with Crippen LogP contribution >= 0.6 is 24.0 Å². The van der Waals surface area contributed by atoms with Crippen molar-refractivity contribution in [2.75, 3.05) is 11.4 Å². The lowest BCUT2D eigenvalue weighted by molar-refractivity contribution is -0.137. The quantitative estimate of drug-likeness (QED) is 0.576. The van der Waals surface area contributed by atoms with E-state index in [1.807, 2.05) is 19.9 Å². The van der Waals surface area contributed by atoms with E-state index in [-0.39, 0.29) is 24.5 Å². The van der Waals surface area contributed by atoms with Gasteiger partial charge in [0, 0.05) is 10.7 Å². The average molecular weight is 419 g/mol. The van der Waals surface area contributed by atoms with E-state index in [4.69, 9.17) is 16.3 Å². The van der Waals surface area contributed by atoms with E-state index in [2.05, 4.69) is 4.99 Å². The summed E-state index contributed by atoms with van der Waals surface area (Å²) in [5.41, 5.74) is 1.20. The summed E-state index contributed by atoms with van der Waals surface area (Å²) in [6.45, 7) is 4.28. The van der Waals surface area contributed by atoms with E-state index >= 15 is 0 Å². The molecule has 0 bridgehead atoms. The van der Waals surface area contributed by atoms with Gasteiger partial charge in [0.25, 0.3) is 6.02 Å². The first-order valence-electron chi connectivity index (χ1n) is 8.24. The second-order valence-electron chi connectivity index (χ2n) is 6.13. The summed E-state index contributed by atoms with van der Waals surface area (Å²) >= 11 is 6.13. The Morgan fingerprint density at radius 1 is 1.22 bits per heavy atom. The van der Waals surface area contributed by atoms with Crippen LogP contribution in [0.25, 0.3) is 0 Å². The summed E-state index contributed by atoms with van der Waals surface area (Å²) in [6.07, 6.45) is -3.81. The van der Waals surface area contributed by atoms with E-state index in [1.165, 1.54) is 6.07 Å². The Morgan fingerprint density at radius 2 is 1.96 bits per heavy atom. The number of hydrogen-bond donors (Lipinski definition) is 0. The van der Waals surface area contributed by atoms with Gasteiger partial charge in [-0.3, -0.25) is 4.90 Å². The van der Waals surface area contributed by atoms with Crippen molar-refractivity contribution in [1.29, 1.82) is 0 Å². The van der Waals surface area contributed by atoms with Crippen molar-refractivity contribution < 1.29 is 17.9 Å². The molecule has 1 aliphatic heterocycles. The van der Waals surface area contributed by atoms with Crippen molar-refractivity contribution in [3.05, 3.63) is 58.6 Å². The van der Waals surface area contributed by atoms with Crippen molar-refractivity contribution >= 4 is 41.4 Å². The summed E-state index contributed by atoms with van der Waals surface area (Å²) in [4.78, 5) is 6.13. The first kappa shape index (κ1) is 21.4. The number of hydrogen-bond acceptors (Lipinski definition) is 2. The van der Waals surface area contributed by atoms with Crippen LogP contribution in [0.15, 0.2) is 47.5 Å². The molecule has 0 aliphatic carbocycles. The smallest absolute Gasteiger partial charge is 0.416 e. The second kappa shape index (κ2) is 8.40. The average Bonchev–Trinajstić information content (AvgIpc) is 3.00. The van der Waals surface area contributed by atoms with Crippen LogP contribution in [0.5, 0.6) is 0 Å². The number of halogens is 5. The maximum absolute atomic E-state index is 13.0. The third kappa shape index (κ3) is 4.87. The zero-order chi connectivity index (χ0) is 18.9. The molecule has 1 heterocycles. The molecule has 1 saturated heterocycles. The summed E-state index contributed by atoms with van der Waals surface area (Å²) in [5.74, 6) is 0. The maximum Gasteiger partial charge on any atom is 0.416 e. The van der Waals surface area contributed by atoms with Crippen molar-refractivity contribution in [1.82, 2.24) is 0 Å². The van der Waals surface area contributed by atoms with Crippen molar-refractivity contribution in [2.24, 2.45) is 4.99 Å². The van der Waals surface area contributed by atoms with Crippen LogP contribution in [0, 0.1) is 6.92 Å². The topological polar surface area (TPSA) is 24.8 Å². The fraction of sp³-hybridized carbons (Fsp3) is 0.316. The number of aryl methyl sites for hydroxylation is 1. The van der Waals surface area contributed by atoms with Gasteiger partial charge in [-0.15, -0.1) is 12.4 Å². The Kier molecular flexibility index (Phi) is 6.65. The van der Waals surface area contributed by atoms with Gasteiger partial charge in [0.1, 0.15) is 6.10 Å². The highest BCUT2D eigenvalue weighted by molar-refractivity contribution is 6.31. The molecule has 0 spiro atoms. The molecule has 8 heteroatoms. The predicted octanol–water partition coefficient (Wildman–Crippen LogP) is 6.39. The Hall–Kier alpha value is -1.92. The SMILES string of the molecule is CCC1CN(c2cccc(C(F)(F)F)c2)C(=Nc2ccc(C)c(Cl)c2)O1.Cl. The Bertz CT molecular complexity index is 840. The van der Waals surface area contributed by atoms with Gasteiger partial charge in [0.2, 0.25) is 0 Å². The number of aliphatic imine (C=N–C) groups is 1. The maximum atomic E-state index is 13.0. The number of nitrogens with zero attached hydrogens (tertiary/aromatic N) is 2. The van der Waals surface area contributed by atoms with Gasteiger partial charge in [-0.2, -0.15) is 18.2 Å². The molecule has 0 radical (unpaired) electrons. The predicted molar refractivity (Wildman–Crippen MR) is 104 cm³/mol. The molecule has 3 nitrogen and oxygen atoms in total. The minimum atomic E-state index is -4.40. The molecule has 0 saturated carbocycles. The molecule has 1 aliphatic rings. The summed E-state index contributed by atoms with van der Waals surface area (Å²) in [6, 6.07) is 10.8. The number of ether oxygens (including phenoxy) is 1. The molecule has 2 aromatic carbocycles. The van der Waals surface area contributed by atoms with Crippen LogP contribution in [-0.4, -0.2) is 18.7 Å². The molecule has 2 aromatic rings. The van der Waals surface area contributed by atoms with Crippen LogP contribution < -0.4 is 4.90 Å². The van der Waals surface area contributed by atoms with E-state index in [9.17, 15) is 13.2 Å². The lowest BCUT2D eigenvalue weighted by Gasteiger charge is -2.18. The van der Waals surface area contributed by atoms with Crippen molar-refractivity contribution in [3.63, 3.8) is 0 Å². The van der Waals surface area contributed by atoms with Crippen LogP contribution in [0.2, 0.25) is 5.02 Å². The lowest BCUT2D eigenvalue weighted by atomic mass is 10.1. The van der Waals surface area contributed by atoms with Crippen molar-refractivity contribution in [2.45, 2.75) is 32.5 Å². The van der Waals surface area contributed by atoms with Gasteiger partial charge in [-0.05, 0) is 49.2 Å². The molecule has 3 rings (SSSR count). The standard InChI is InChI=1S/C19H18ClF3N2O.ClH/c1-3-16-11-25(15-6-4-5-13(9-15)19(21,22)23)18(26-16)24-14-8-7-12(2)17(20)10-14;/h4-10,16H,3,11H2,1-2H3;1H. The molecule has 146 valence electrons. The fourth-order valence-corrected chi connectivity index (χ4v) is 2.83. The second-order valence-corrected chi connectivity index (χ2v) is 6.54. The minimum absolute atomic E-state index is 0.